The van der Waals surface area contributed by atoms with E-state index in [0.29, 0.717) is 6.54 Å². The molecule has 0 aliphatic carbocycles. The number of H-pyrrole nitrogens is 1. The normalized spacial score (nSPS) is 24.1. The quantitative estimate of drug-likeness (QED) is 0.0722. The second kappa shape index (κ2) is 12.9. The molecule has 1 aliphatic heterocycles. The topological polar surface area (TPSA) is 259 Å². The fourth-order valence-corrected chi connectivity index (χ4v) is 7.97. The minimum Gasteiger partial charge on any atom is -0.364 e. The van der Waals surface area contributed by atoms with E-state index in [1.165, 1.54) is 34.7 Å². The molecule has 17 nitrogen and oxygen atoms in total. The van der Waals surface area contributed by atoms with Gasteiger partial charge >= 0.3 is 29.2 Å². The van der Waals surface area contributed by atoms with E-state index >= 15 is 0 Å². The predicted molar refractivity (Wildman–Crippen MR) is 132 cm³/mol. The van der Waals surface area contributed by atoms with Crippen LogP contribution >= 0.6 is 45.1 Å². The van der Waals surface area contributed by atoms with Crippen molar-refractivity contribution in [3.05, 3.63) is 32.6 Å². The number of aromatic amines is 1. The smallest absolute Gasteiger partial charge is 0.364 e. The first-order chi connectivity index (χ1) is 16.8. The maximum absolute atomic E-state index is 12.3. The van der Waals surface area contributed by atoms with Crippen molar-refractivity contribution in [2.75, 3.05) is 19.1 Å². The van der Waals surface area contributed by atoms with Crippen LogP contribution in [0, 0.1) is 6.92 Å². The van der Waals surface area contributed by atoms with Gasteiger partial charge in [0.2, 0.25) is 0 Å². The molecule has 0 radical (unpaired) electrons. The summed E-state index contributed by atoms with van der Waals surface area (Å²) in [6.45, 7) is 4.95. The van der Waals surface area contributed by atoms with Gasteiger partial charge in [-0.05, 0) is 20.8 Å². The molecule has 0 aromatic carbocycles. The van der Waals surface area contributed by atoms with Crippen LogP contribution in [0.5, 0.6) is 0 Å². The van der Waals surface area contributed by atoms with E-state index in [4.69, 9.17) is 25.0 Å². The first-order valence-corrected chi connectivity index (χ1v) is 17.1. The van der Waals surface area contributed by atoms with Crippen LogP contribution in [0.3, 0.4) is 0 Å². The standard InChI is InChI=1S/C15H28N3O14P3S2/c1-9-5-18(14(20)17-13(9)19)12-4-10(28-8-36-37-15(2,3)7-16)11(30-12)6-29-34(24,25)32-35(26,27)31-33(21,22)23/h5,10-12H,4,6-8,16H2,1-3H3,(H,24,25)(H,26,27)(H,17,19,20)(H2,21,22,23)/t10-,11-,12-/m1/s1. The molecule has 0 spiro atoms. The Morgan fingerprint density at radius 2 is 1.84 bits per heavy atom. The van der Waals surface area contributed by atoms with E-state index in [1.54, 1.807) is 0 Å². The van der Waals surface area contributed by atoms with Crippen molar-refractivity contribution in [2.24, 2.45) is 5.73 Å². The summed E-state index contributed by atoms with van der Waals surface area (Å²) < 4.78 is 58.8. The average molecular weight is 631 g/mol. The highest BCUT2D eigenvalue weighted by Crippen LogP contribution is 2.66. The summed E-state index contributed by atoms with van der Waals surface area (Å²) in [6.07, 6.45) is -1.63. The first kappa shape index (κ1) is 32.9. The summed E-state index contributed by atoms with van der Waals surface area (Å²) in [7, 11) is -13.9. The van der Waals surface area contributed by atoms with E-state index in [2.05, 4.69) is 18.1 Å². The Balaban J connectivity index is 2.14. The van der Waals surface area contributed by atoms with Gasteiger partial charge in [0.15, 0.2) is 0 Å². The minimum atomic E-state index is -5.70. The summed E-state index contributed by atoms with van der Waals surface area (Å²) in [5.41, 5.74) is 4.54. The molecule has 7 N–H and O–H groups in total. The van der Waals surface area contributed by atoms with Crippen LogP contribution in [-0.2, 0) is 36.3 Å². The zero-order valence-corrected chi connectivity index (χ0v) is 24.0. The lowest BCUT2D eigenvalue weighted by molar-refractivity contribution is -0.0543. The summed E-state index contributed by atoms with van der Waals surface area (Å²) in [5.74, 6) is 0.111. The number of rotatable bonds is 14. The van der Waals surface area contributed by atoms with Crippen LogP contribution in [0.1, 0.15) is 32.1 Å². The van der Waals surface area contributed by atoms with Gasteiger partial charge in [0.1, 0.15) is 18.3 Å². The second-order valence-corrected chi connectivity index (χ2v) is 15.6. The molecule has 0 saturated carbocycles. The number of nitrogens with two attached hydrogens (primary N) is 1. The lowest BCUT2D eigenvalue weighted by Crippen LogP contribution is -2.33. The summed E-state index contributed by atoms with van der Waals surface area (Å²) in [5, 5.41) is 0. The molecule has 2 unspecified atom stereocenters. The van der Waals surface area contributed by atoms with Crippen molar-refractivity contribution in [2.45, 2.75) is 50.4 Å². The molecule has 1 aliphatic rings. The molecule has 214 valence electrons. The van der Waals surface area contributed by atoms with Crippen molar-refractivity contribution >= 4 is 45.1 Å². The van der Waals surface area contributed by atoms with E-state index in [1.807, 2.05) is 13.8 Å². The third-order valence-electron chi connectivity index (χ3n) is 4.56. The molecular weight excluding hydrogens is 603 g/mol. The number of nitrogens with one attached hydrogen (secondary N) is 1. The molecule has 1 saturated heterocycles. The maximum Gasteiger partial charge on any atom is 0.490 e. The Morgan fingerprint density at radius 1 is 1.19 bits per heavy atom. The van der Waals surface area contributed by atoms with Crippen LogP contribution in [0.2, 0.25) is 0 Å². The Labute approximate surface area is 218 Å². The summed E-state index contributed by atoms with van der Waals surface area (Å²) in [6, 6.07) is 0. The number of aryl methyl sites for hydroxylation is 1. The molecule has 0 amide bonds. The van der Waals surface area contributed by atoms with Crippen LogP contribution < -0.4 is 17.0 Å². The van der Waals surface area contributed by atoms with Gasteiger partial charge in [0, 0.05) is 29.5 Å². The maximum atomic E-state index is 12.3. The van der Waals surface area contributed by atoms with Gasteiger partial charge in [-0.15, -0.1) is 0 Å². The van der Waals surface area contributed by atoms with Crippen LogP contribution in [0.15, 0.2) is 15.8 Å². The van der Waals surface area contributed by atoms with Crippen molar-refractivity contribution in [3.8, 4) is 0 Å². The van der Waals surface area contributed by atoms with Crippen LogP contribution in [0.25, 0.3) is 0 Å². The molecule has 1 fully saturated rings. The van der Waals surface area contributed by atoms with E-state index in [0.717, 1.165) is 4.57 Å². The Morgan fingerprint density at radius 3 is 2.43 bits per heavy atom. The Bertz CT molecular complexity index is 1200. The lowest BCUT2D eigenvalue weighted by atomic mass is 10.2. The minimum absolute atomic E-state index is 0.0430. The number of phosphoric acid groups is 3. The molecule has 37 heavy (non-hydrogen) atoms. The number of ether oxygens (including phenoxy) is 2. The van der Waals surface area contributed by atoms with Gasteiger partial charge < -0.3 is 34.8 Å². The SMILES string of the molecule is Cc1cn([C@H]2C[C@@H](OCSSC(C)(C)CN)[C@@H](COP(=O)(O)OP(=O)(O)OP(=O)(O)O)O2)c(=O)[nH]c1=O. The zero-order chi connectivity index (χ0) is 28.2. The number of phosphoric ester groups is 1. The molecule has 0 bridgehead atoms. The van der Waals surface area contributed by atoms with Crippen LogP contribution in [-0.4, -0.2) is 65.2 Å². The average Bonchev–Trinajstić information content (AvgIpc) is 3.12. The Kier molecular flexibility index (Phi) is 11.5. The number of hydrogen-bond acceptors (Lipinski definition) is 13. The fraction of sp³-hybridized carbons (Fsp3) is 0.733. The van der Waals surface area contributed by atoms with Gasteiger partial charge in [-0.2, -0.15) is 8.62 Å². The highest BCUT2D eigenvalue weighted by atomic mass is 33.1. The van der Waals surface area contributed by atoms with Gasteiger partial charge in [0.05, 0.1) is 12.7 Å². The number of nitrogens with zero attached hydrogens (tertiary/aromatic N) is 1. The van der Waals surface area contributed by atoms with Crippen molar-refractivity contribution in [1.82, 2.24) is 9.55 Å². The molecule has 5 atom stereocenters. The third kappa shape index (κ3) is 11.0. The zero-order valence-electron chi connectivity index (χ0n) is 19.7. The van der Waals surface area contributed by atoms with E-state index in [-0.39, 0.29) is 22.7 Å². The summed E-state index contributed by atoms with van der Waals surface area (Å²) >= 11 is 0. The molecule has 1 aromatic heterocycles. The first-order valence-electron chi connectivity index (χ1n) is 10.2. The van der Waals surface area contributed by atoms with E-state index < -0.39 is 59.8 Å². The lowest BCUT2D eigenvalue weighted by Gasteiger charge is -2.23. The van der Waals surface area contributed by atoms with Gasteiger partial charge in [-0.3, -0.25) is 18.9 Å². The van der Waals surface area contributed by atoms with Crippen molar-refractivity contribution in [3.63, 3.8) is 0 Å². The highest BCUT2D eigenvalue weighted by Gasteiger charge is 2.43. The highest BCUT2D eigenvalue weighted by molar-refractivity contribution is 8.77. The second-order valence-electron chi connectivity index (χ2n) is 8.22. The van der Waals surface area contributed by atoms with Crippen molar-refractivity contribution < 1.29 is 55.9 Å². The fourth-order valence-electron chi connectivity index (χ4n) is 2.80. The number of hydrogen-bond donors (Lipinski definition) is 6. The van der Waals surface area contributed by atoms with Crippen LogP contribution in [0.4, 0.5) is 0 Å². The van der Waals surface area contributed by atoms with Crippen molar-refractivity contribution in [1.29, 1.82) is 0 Å². The molecule has 2 heterocycles. The van der Waals surface area contributed by atoms with Gasteiger partial charge in [-0.25, -0.2) is 18.5 Å². The number of aromatic nitrogens is 2. The Hall–Kier alpha value is -0.330. The predicted octanol–water partition coefficient (Wildman–Crippen LogP) is 0.937. The third-order valence-corrected chi connectivity index (χ3v) is 11.3. The largest absolute Gasteiger partial charge is 0.490 e. The van der Waals surface area contributed by atoms with Gasteiger partial charge in [0.25, 0.3) is 5.56 Å². The molecule has 1 aromatic rings. The van der Waals surface area contributed by atoms with Gasteiger partial charge in [-0.1, -0.05) is 21.6 Å². The molecule has 22 heteroatoms. The summed E-state index contributed by atoms with van der Waals surface area (Å²) in [4.78, 5) is 62.4. The molecule has 2 rings (SSSR count). The monoisotopic (exact) mass is 631 g/mol. The van der Waals surface area contributed by atoms with E-state index in [9.17, 15) is 33.1 Å². The molecular formula is C15H28N3O14P3S2.